The number of rotatable bonds is 75. The Morgan fingerprint density at radius 1 is 0.483 bits per heavy atom. The second-order valence-corrected chi connectivity index (χ2v) is 37.8. The van der Waals surface area contributed by atoms with Crippen LogP contribution in [-0.2, 0) is 116 Å². The fourth-order valence-corrected chi connectivity index (χ4v) is 17.1. The molecule has 1 aromatic rings. The van der Waals surface area contributed by atoms with Gasteiger partial charge in [-0.1, -0.05) is 57.8 Å². The van der Waals surface area contributed by atoms with Crippen molar-refractivity contribution in [3.05, 3.63) is 40.3 Å². The van der Waals surface area contributed by atoms with Crippen molar-refractivity contribution in [1.29, 1.82) is 0 Å². The van der Waals surface area contributed by atoms with Gasteiger partial charge in [-0.15, -0.1) is 0 Å². The molecule has 816 valence electrons. The van der Waals surface area contributed by atoms with Gasteiger partial charge in [0.2, 0.25) is 94.5 Å². The third-order valence-electron chi connectivity index (χ3n) is 23.6. The van der Waals surface area contributed by atoms with Gasteiger partial charge in [0.15, 0.2) is 0 Å². The first kappa shape index (κ1) is 125. The fourth-order valence-electron chi connectivity index (χ4n) is 15.5. The smallest absolute Gasteiger partial charge is 0.315 e. The molecule has 0 spiro atoms. The molecule has 19 atom stereocenters. The monoisotopic (exact) mass is 2080 g/mol. The number of hydrogen-bond donors (Lipinski definition) is 24. The molecule has 0 aromatic heterocycles. The molecule has 145 heavy (non-hydrogen) atoms. The number of carbonyl (C=O) groups excluding carboxylic acids is 17. The lowest BCUT2D eigenvalue weighted by Gasteiger charge is -2.30. The Labute approximate surface area is 846 Å². The molecule has 3 saturated heterocycles. The third kappa shape index (κ3) is 48.3. The molecule has 3 fully saturated rings. The zero-order valence-corrected chi connectivity index (χ0v) is 84.9. The summed E-state index contributed by atoms with van der Waals surface area (Å²) in [5, 5.41) is 95.9. The number of primary amides is 1. The molecule has 27 N–H and O–H groups in total. The van der Waals surface area contributed by atoms with E-state index in [0.29, 0.717) is 88.9 Å². The Bertz CT molecular complexity index is 4410. The number of phenolic OH excluding ortho intramolecular Hbond substituents is 1. The van der Waals surface area contributed by atoms with Crippen molar-refractivity contribution < 1.29 is 140 Å². The Morgan fingerprint density at radius 2 is 0.931 bits per heavy atom. The van der Waals surface area contributed by atoms with Crippen LogP contribution in [0.5, 0.6) is 5.75 Å². The Morgan fingerprint density at radius 3 is 1.46 bits per heavy atom. The molecule has 53 heteroatoms. The van der Waals surface area contributed by atoms with Crippen LogP contribution in [0.1, 0.15) is 196 Å². The number of benzene rings is 1. The van der Waals surface area contributed by atoms with Crippen molar-refractivity contribution in [2.75, 3.05) is 105 Å². The maximum atomic E-state index is 14.6. The van der Waals surface area contributed by atoms with Crippen LogP contribution in [0.2, 0.25) is 0 Å². The predicted molar refractivity (Wildman–Crippen MR) is 524 cm³/mol. The molecule has 52 nitrogen and oxygen atoms in total. The van der Waals surface area contributed by atoms with E-state index in [1.165, 1.54) is 63.8 Å². The molecule has 3 aliphatic heterocycles. The standard InChI is InChI=1S/C92H153N23O29S/c1-51(2)47-64(85(132)105-63(21-13-16-33-94)91(138)115-36-18-22-68(115)78(95)125)107-86(133)65(48-58-25-27-59(118)28-26-58)108-90(137)76(57(9)117)112-87(134)66(49-73(123)124)106-81(128)55(7)101-82(129)60(20-14-17-34-98-114-96)102-80(127)54(6)99-79(126)53(5)100-83(130)61(19-12-15-32-93)103-88(135)74(52(3)4)111-84(131)62(29-30-72(121)122)104-89(136)75(56(8)116)110-71(120)31-37-140-39-41-142-43-45-144-46-44-143-42-40-141-38-35-97-70(119)24-11-10-23-69-77-67(50-145-69)109-92(139)113-77/h25-28,51-57,60-69,74-77,116-118H,10-24,29-50,93-94H2,1-9H3,(H2,95,125)(H,97,119)(H,99,126)(H,100,130)(H,101,129)(H,102,127)(H,103,135)(H,104,136)(H,105,132)(H,106,128)(H,107,133)(H,108,137)(H,110,120)(H,111,131)(H,112,134)(H,121,122)(H,123,124)(H2,109,113,139)/t53-,54+,55+,56+,57-,60-,61+,62+,63-,64+,65-,66-,67+,68+,69?,74-,75?,76?,77+/m0/s1. The van der Waals surface area contributed by atoms with Gasteiger partial charge in [0.25, 0.3) is 0 Å². The normalized spacial score (nSPS) is 17.8. The lowest BCUT2D eigenvalue weighted by atomic mass is 9.99. The summed E-state index contributed by atoms with van der Waals surface area (Å²) in [5.41, 5.74) is 26.4. The van der Waals surface area contributed by atoms with Crippen LogP contribution >= 0.6 is 11.8 Å². The summed E-state index contributed by atoms with van der Waals surface area (Å²) in [7, 11) is 0. The Kier molecular flexibility index (Phi) is 59.2. The number of phenols is 1. The first-order valence-corrected chi connectivity index (χ1v) is 50.3. The molecule has 1 aromatic carbocycles. The zero-order chi connectivity index (χ0) is 108. The van der Waals surface area contributed by atoms with Crippen LogP contribution in [0.4, 0.5) is 4.79 Å². The molecule has 3 aliphatic rings. The number of hydrogen-bond acceptors (Lipinski definition) is 31. The number of aromatic hydroxyl groups is 1. The topological polar surface area (TPSA) is 794 Å². The van der Waals surface area contributed by atoms with Gasteiger partial charge in [-0.25, -0.2) is 4.79 Å². The predicted octanol–water partition coefficient (Wildman–Crippen LogP) is -4.37. The number of thioether (sulfide) groups is 1. The van der Waals surface area contributed by atoms with Crippen LogP contribution in [0, 0.1) is 11.8 Å². The van der Waals surface area contributed by atoms with E-state index in [9.17, 15) is 117 Å². The molecule has 3 unspecified atom stereocenters. The number of unbranched alkanes of at least 4 members (excludes halogenated alkanes) is 4. The SMILES string of the molecule is CC(C)C[C@@H](NC(=O)[C@H](Cc1ccc(O)cc1)NC(=O)C(NC(=O)[C@H](CC(=O)O)NC(=O)[C@@H](C)NC(=O)[C@H](CCCCN=[N+]=[N-])NC(=O)[C@@H](C)NC(=O)[C@H](C)NC(=O)[C@@H](CCCCN)NC(=O)[C@@H](NC(=O)[C@@H](CCC(=O)O)NC(=O)C(NC(=O)CCOCCOCCOCCOCCOCCNC(=O)CCCCC1SC[C@H]2NC(=O)N[C@@H]12)[C@@H](C)O)C(C)C)[C@H](C)O)C(=O)N[C@@H](CCCCN)C(=O)N1CCC[C@@H]1C(N)=O. The van der Waals surface area contributed by atoms with E-state index in [0.717, 1.165) is 38.9 Å². The quantitative estimate of drug-likeness (QED) is 0.00963. The van der Waals surface area contributed by atoms with Gasteiger partial charge in [-0.3, -0.25) is 86.3 Å². The van der Waals surface area contributed by atoms with E-state index in [4.69, 9.17) is 46.4 Å². The molecule has 4 rings (SSSR count). The number of carboxylic acid groups (broad SMARTS) is 2. The second-order valence-electron chi connectivity index (χ2n) is 36.5. The van der Waals surface area contributed by atoms with Gasteiger partial charge in [0.1, 0.15) is 90.3 Å². The summed E-state index contributed by atoms with van der Waals surface area (Å²) in [4.78, 5) is 261. The van der Waals surface area contributed by atoms with Crippen LogP contribution < -0.4 is 102 Å². The number of aliphatic hydroxyl groups excluding tert-OH is 2. The summed E-state index contributed by atoms with van der Waals surface area (Å²) in [6.45, 7) is 15.4. The average molecular weight is 2080 g/mol. The number of aliphatic carboxylic acids is 2. The summed E-state index contributed by atoms with van der Waals surface area (Å²) in [6, 6.07) is -16.1. The Balaban J connectivity index is 1.31. The van der Waals surface area contributed by atoms with E-state index in [-0.39, 0.29) is 153 Å². The maximum Gasteiger partial charge on any atom is 0.315 e. The lowest BCUT2D eigenvalue weighted by molar-refractivity contribution is -0.142. The van der Waals surface area contributed by atoms with E-state index in [2.05, 4.69) is 95.1 Å². The maximum absolute atomic E-state index is 14.6. The molecule has 18 amide bonds. The van der Waals surface area contributed by atoms with Crippen molar-refractivity contribution in [2.45, 2.75) is 311 Å². The number of carbonyl (C=O) groups is 19. The number of nitrogens with one attached hydrogen (secondary N) is 16. The van der Waals surface area contributed by atoms with Gasteiger partial charge < -0.3 is 156 Å². The largest absolute Gasteiger partial charge is 0.508 e. The number of urea groups is 1. The molecular weight excluding hydrogens is 1920 g/mol. The number of amides is 18. The van der Waals surface area contributed by atoms with Gasteiger partial charge in [-0.2, -0.15) is 11.8 Å². The molecule has 3 heterocycles. The second kappa shape index (κ2) is 68.4. The first-order chi connectivity index (χ1) is 68.9. The zero-order valence-electron chi connectivity index (χ0n) is 84.1. The van der Waals surface area contributed by atoms with Gasteiger partial charge in [0, 0.05) is 61.2 Å². The number of aliphatic hydroxyl groups is 2. The lowest BCUT2D eigenvalue weighted by Crippen LogP contribution is -2.62. The number of likely N-dealkylation sites (tertiary alicyclic amines) is 1. The number of ether oxygens (including phenoxy) is 5. The highest BCUT2D eigenvalue weighted by molar-refractivity contribution is 8.00. The minimum atomic E-state index is -2.07. The van der Waals surface area contributed by atoms with Crippen LogP contribution in [0.3, 0.4) is 0 Å². The summed E-state index contributed by atoms with van der Waals surface area (Å²) in [5.74, 6) is -18.2. The van der Waals surface area contributed by atoms with E-state index in [1.807, 2.05) is 11.8 Å². The number of nitrogens with zero attached hydrogens (tertiary/aromatic N) is 4. The third-order valence-corrected chi connectivity index (χ3v) is 25.1. The van der Waals surface area contributed by atoms with Gasteiger partial charge in [0.05, 0.1) is 96.8 Å². The number of nitrogens with two attached hydrogens (primary N) is 3. The van der Waals surface area contributed by atoms with Crippen molar-refractivity contribution in [3.63, 3.8) is 0 Å². The highest BCUT2D eigenvalue weighted by Crippen LogP contribution is 2.33. The highest BCUT2D eigenvalue weighted by Gasteiger charge is 2.45. The minimum Gasteiger partial charge on any atom is -0.508 e. The molecule has 0 saturated carbocycles. The molecular formula is C92H153N23O29S. The number of carboxylic acids is 2. The number of azide groups is 1. The van der Waals surface area contributed by atoms with E-state index < -0.39 is 223 Å². The molecule has 0 aliphatic carbocycles. The molecule has 0 radical (unpaired) electrons. The van der Waals surface area contributed by atoms with Gasteiger partial charge >= 0.3 is 18.0 Å². The Hall–Kier alpha value is -11.9. The fraction of sp³-hybridized carbons (Fsp3) is 0.728. The van der Waals surface area contributed by atoms with Crippen molar-refractivity contribution in [2.24, 2.45) is 34.2 Å². The van der Waals surface area contributed by atoms with E-state index in [1.54, 1.807) is 13.8 Å². The summed E-state index contributed by atoms with van der Waals surface area (Å²) >= 11 is 1.85. The molecule has 0 bridgehead atoms. The average Bonchev–Trinajstić information content (AvgIpc) is 1.67. The van der Waals surface area contributed by atoms with Crippen molar-refractivity contribution >= 4 is 124 Å². The van der Waals surface area contributed by atoms with Gasteiger partial charge in [-0.05, 0) is 173 Å². The van der Waals surface area contributed by atoms with Crippen LogP contribution in [0.15, 0.2) is 29.4 Å². The van der Waals surface area contributed by atoms with E-state index >= 15 is 0 Å². The summed E-state index contributed by atoms with van der Waals surface area (Å²) in [6.07, 6.45) is -1.22. The number of fused-ring (bicyclic) bond motifs is 1. The van der Waals surface area contributed by atoms with Crippen LogP contribution in [0.25, 0.3) is 10.4 Å². The first-order valence-electron chi connectivity index (χ1n) is 49.3. The highest BCUT2D eigenvalue weighted by atomic mass is 32.2. The van der Waals surface area contributed by atoms with Crippen molar-refractivity contribution in [3.8, 4) is 5.75 Å². The van der Waals surface area contributed by atoms with Crippen molar-refractivity contribution in [1.82, 2.24) is 90.0 Å². The summed E-state index contributed by atoms with van der Waals surface area (Å²) < 4.78 is 27.6. The van der Waals surface area contributed by atoms with Crippen LogP contribution in [-0.4, -0.2) is 362 Å². The minimum absolute atomic E-state index is 0.0193.